The molecule has 186 valence electrons. The Hall–Kier alpha value is -2.58. The summed E-state index contributed by atoms with van der Waals surface area (Å²) in [4.78, 5) is 27.7. The number of aryl methyl sites for hydroxylation is 2. The SMILES string of the molecule is Cc1ccc(N(CC(=O)N(Cc2cccc(Cl)c2)C(C)C(=O)NCC(C)C)S(C)(=O)=O)cc1C. The summed E-state index contributed by atoms with van der Waals surface area (Å²) < 4.78 is 26.3. The van der Waals surface area contributed by atoms with E-state index in [4.69, 9.17) is 11.6 Å². The van der Waals surface area contributed by atoms with E-state index in [0.717, 1.165) is 27.3 Å². The summed E-state index contributed by atoms with van der Waals surface area (Å²) in [5, 5.41) is 3.36. The van der Waals surface area contributed by atoms with Crippen LogP contribution < -0.4 is 9.62 Å². The summed E-state index contributed by atoms with van der Waals surface area (Å²) in [6.07, 6.45) is 1.07. The Morgan fingerprint density at radius 1 is 1.03 bits per heavy atom. The summed E-state index contributed by atoms with van der Waals surface area (Å²) in [7, 11) is -3.76. The number of halogens is 1. The molecule has 1 N–H and O–H groups in total. The molecule has 2 rings (SSSR count). The Morgan fingerprint density at radius 2 is 1.71 bits per heavy atom. The van der Waals surface area contributed by atoms with Gasteiger partial charge in [0, 0.05) is 18.1 Å². The maximum Gasteiger partial charge on any atom is 0.244 e. The second-order valence-corrected chi connectivity index (χ2v) is 11.3. The summed E-state index contributed by atoms with van der Waals surface area (Å²) in [6, 6.07) is 11.4. The zero-order chi connectivity index (χ0) is 25.6. The van der Waals surface area contributed by atoms with Crippen molar-refractivity contribution in [1.82, 2.24) is 10.2 Å². The van der Waals surface area contributed by atoms with Gasteiger partial charge in [0.05, 0.1) is 11.9 Å². The first-order valence-electron chi connectivity index (χ1n) is 11.2. The smallest absolute Gasteiger partial charge is 0.244 e. The molecule has 0 bridgehead atoms. The standard InChI is InChI=1S/C25H34ClN3O4S/c1-17(2)14-27-25(31)20(5)28(15-21-8-7-9-22(26)13-21)24(30)16-29(34(6,32)33)23-11-10-18(3)19(4)12-23/h7-13,17,20H,14-16H2,1-6H3,(H,27,31). The number of hydrogen-bond donors (Lipinski definition) is 1. The number of nitrogens with one attached hydrogen (secondary N) is 1. The molecular weight excluding hydrogens is 474 g/mol. The minimum atomic E-state index is -3.76. The van der Waals surface area contributed by atoms with Crippen molar-refractivity contribution in [1.29, 1.82) is 0 Å². The van der Waals surface area contributed by atoms with Crippen molar-refractivity contribution in [2.45, 2.75) is 47.2 Å². The molecular formula is C25H34ClN3O4S. The molecule has 0 radical (unpaired) electrons. The summed E-state index contributed by atoms with van der Waals surface area (Å²) in [5.74, 6) is -0.546. The number of anilines is 1. The van der Waals surface area contributed by atoms with E-state index in [0.29, 0.717) is 17.3 Å². The van der Waals surface area contributed by atoms with Crippen LogP contribution >= 0.6 is 11.6 Å². The Bertz CT molecular complexity index is 1130. The van der Waals surface area contributed by atoms with Crippen LogP contribution in [0.15, 0.2) is 42.5 Å². The summed E-state index contributed by atoms with van der Waals surface area (Å²) in [5.41, 5.74) is 3.07. The number of hydrogen-bond acceptors (Lipinski definition) is 4. The Kier molecular flexibility index (Phi) is 9.53. The highest BCUT2D eigenvalue weighted by molar-refractivity contribution is 7.92. The molecule has 0 aliphatic carbocycles. The number of carbonyl (C=O) groups excluding carboxylic acids is 2. The van der Waals surface area contributed by atoms with E-state index in [9.17, 15) is 18.0 Å². The third-order valence-corrected chi connectivity index (χ3v) is 6.93. The third-order valence-electron chi connectivity index (χ3n) is 5.55. The normalized spacial score (nSPS) is 12.4. The lowest BCUT2D eigenvalue weighted by atomic mass is 10.1. The van der Waals surface area contributed by atoms with Gasteiger partial charge in [0.2, 0.25) is 21.8 Å². The average molecular weight is 508 g/mol. The molecule has 0 aliphatic rings. The molecule has 0 heterocycles. The van der Waals surface area contributed by atoms with Crippen LogP contribution in [0.5, 0.6) is 0 Å². The van der Waals surface area contributed by atoms with Crippen molar-refractivity contribution < 1.29 is 18.0 Å². The van der Waals surface area contributed by atoms with Gasteiger partial charge in [0.25, 0.3) is 0 Å². The fraction of sp³-hybridized carbons (Fsp3) is 0.440. The predicted molar refractivity (Wildman–Crippen MR) is 137 cm³/mol. The van der Waals surface area contributed by atoms with Gasteiger partial charge in [-0.1, -0.05) is 43.6 Å². The molecule has 1 unspecified atom stereocenters. The Labute approximate surface area is 208 Å². The minimum absolute atomic E-state index is 0.111. The third kappa shape index (κ3) is 7.74. The Balaban J connectivity index is 2.39. The molecule has 34 heavy (non-hydrogen) atoms. The van der Waals surface area contributed by atoms with Gasteiger partial charge < -0.3 is 10.2 Å². The van der Waals surface area contributed by atoms with Crippen molar-refractivity contribution in [2.75, 3.05) is 23.7 Å². The maximum absolute atomic E-state index is 13.5. The molecule has 2 aromatic rings. The lowest BCUT2D eigenvalue weighted by Gasteiger charge is -2.31. The number of amides is 2. The van der Waals surface area contributed by atoms with E-state index < -0.39 is 28.5 Å². The van der Waals surface area contributed by atoms with E-state index in [2.05, 4.69) is 5.32 Å². The van der Waals surface area contributed by atoms with Gasteiger partial charge in [-0.15, -0.1) is 0 Å². The molecule has 0 spiro atoms. The fourth-order valence-corrected chi connectivity index (χ4v) is 4.42. The second-order valence-electron chi connectivity index (χ2n) is 9.00. The van der Waals surface area contributed by atoms with Crippen molar-refractivity contribution >= 4 is 39.1 Å². The lowest BCUT2D eigenvalue weighted by molar-refractivity contribution is -0.139. The highest BCUT2D eigenvalue weighted by Gasteiger charge is 2.30. The molecule has 1 atom stereocenters. The fourth-order valence-electron chi connectivity index (χ4n) is 3.36. The molecule has 0 aromatic heterocycles. The van der Waals surface area contributed by atoms with Crippen LogP contribution in [0.2, 0.25) is 5.02 Å². The van der Waals surface area contributed by atoms with Crippen LogP contribution in [0.4, 0.5) is 5.69 Å². The zero-order valence-electron chi connectivity index (χ0n) is 20.6. The first-order valence-corrected chi connectivity index (χ1v) is 13.4. The van der Waals surface area contributed by atoms with Gasteiger partial charge >= 0.3 is 0 Å². The molecule has 0 aliphatic heterocycles. The number of nitrogens with zero attached hydrogens (tertiary/aromatic N) is 2. The maximum atomic E-state index is 13.5. The van der Waals surface area contributed by atoms with E-state index in [1.807, 2.05) is 39.8 Å². The van der Waals surface area contributed by atoms with Gasteiger partial charge in [0.15, 0.2) is 0 Å². The molecule has 0 fully saturated rings. The Morgan fingerprint density at radius 3 is 2.26 bits per heavy atom. The first kappa shape index (κ1) is 27.7. The van der Waals surface area contributed by atoms with Crippen LogP contribution in [-0.4, -0.2) is 50.5 Å². The van der Waals surface area contributed by atoms with Crippen molar-refractivity contribution in [3.8, 4) is 0 Å². The van der Waals surface area contributed by atoms with Gasteiger partial charge in [-0.3, -0.25) is 13.9 Å². The van der Waals surface area contributed by atoms with Gasteiger partial charge in [-0.25, -0.2) is 8.42 Å². The minimum Gasteiger partial charge on any atom is -0.354 e. The van der Waals surface area contributed by atoms with Gasteiger partial charge in [-0.2, -0.15) is 0 Å². The van der Waals surface area contributed by atoms with Crippen LogP contribution in [-0.2, 0) is 26.2 Å². The topological polar surface area (TPSA) is 86.8 Å². The molecule has 0 saturated heterocycles. The van der Waals surface area contributed by atoms with Crippen molar-refractivity contribution in [2.24, 2.45) is 5.92 Å². The second kappa shape index (κ2) is 11.7. The molecule has 2 amide bonds. The largest absolute Gasteiger partial charge is 0.354 e. The van der Waals surface area contributed by atoms with Crippen LogP contribution in [0, 0.1) is 19.8 Å². The van der Waals surface area contributed by atoms with Crippen molar-refractivity contribution in [3.63, 3.8) is 0 Å². The number of carbonyl (C=O) groups is 2. The monoisotopic (exact) mass is 507 g/mol. The molecule has 9 heteroatoms. The summed E-state index contributed by atoms with van der Waals surface area (Å²) >= 11 is 6.12. The molecule has 0 saturated carbocycles. The first-order chi connectivity index (χ1) is 15.8. The van der Waals surface area contributed by atoms with E-state index >= 15 is 0 Å². The highest BCUT2D eigenvalue weighted by atomic mass is 35.5. The lowest BCUT2D eigenvalue weighted by Crippen LogP contribution is -2.51. The molecule has 7 nitrogen and oxygen atoms in total. The van der Waals surface area contributed by atoms with E-state index in [1.54, 1.807) is 37.3 Å². The van der Waals surface area contributed by atoms with E-state index in [1.165, 1.54) is 4.90 Å². The van der Waals surface area contributed by atoms with Gasteiger partial charge in [0.1, 0.15) is 12.6 Å². The van der Waals surface area contributed by atoms with Crippen LogP contribution in [0.3, 0.4) is 0 Å². The zero-order valence-corrected chi connectivity index (χ0v) is 22.2. The average Bonchev–Trinajstić information content (AvgIpc) is 2.74. The highest BCUT2D eigenvalue weighted by Crippen LogP contribution is 2.22. The number of benzene rings is 2. The van der Waals surface area contributed by atoms with Crippen molar-refractivity contribution in [3.05, 3.63) is 64.2 Å². The van der Waals surface area contributed by atoms with Crippen LogP contribution in [0.1, 0.15) is 37.5 Å². The van der Waals surface area contributed by atoms with Crippen LogP contribution in [0.25, 0.3) is 0 Å². The predicted octanol–water partition coefficient (Wildman–Crippen LogP) is 3.91. The van der Waals surface area contributed by atoms with E-state index in [-0.39, 0.29) is 18.4 Å². The molecule has 2 aromatic carbocycles. The number of rotatable bonds is 10. The quantitative estimate of drug-likeness (QED) is 0.528. The summed E-state index contributed by atoms with van der Waals surface area (Å²) in [6.45, 7) is 9.57. The van der Waals surface area contributed by atoms with Gasteiger partial charge in [-0.05, 0) is 67.6 Å². The number of sulfonamides is 1.